The maximum absolute atomic E-state index is 11.4. The van der Waals surface area contributed by atoms with Crippen LogP contribution in [0.15, 0.2) is 18.3 Å². The zero-order chi connectivity index (χ0) is 13.8. The third-order valence-electron chi connectivity index (χ3n) is 3.61. The number of carbonyl (C=O) groups excluding carboxylic acids is 1. The van der Waals surface area contributed by atoms with Gasteiger partial charge in [-0.2, -0.15) is 0 Å². The fourth-order valence-electron chi connectivity index (χ4n) is 2.32. The molecule has 1 aromatic rings. The van der Waals surface area contributed by atoms with Crippen molar-refractivity contribution in [3.8, 4) is 0 Å². The molecule has 1 saturated heterocycles. The summed E-state index contributed by atoms with van der Waals surface area (Å²) >= 11 is 0. The molecule has 5 heteroatoms. The SMILES string of the molecule is CNC(=O)c1ccc(N2CCN(C(C)C)CC2)nc1.[HH]. The van der Waals surface area contributed by atoms with Crippen LogP contribution in [0.25, 0.3) is 0 Å². The molecule has 19 heavy (non-hydrogen) atoms. The minimum atomic E-state index is -0.0938. The van der Waals surface area contributed by atoms with Gasteiger partial charge in [0, 0.05) is 46.9 Å². The Morgan fingerprint density at radius 3 is 2.47 bits per heavy atom. The number of nitrogens with one attached hydrogen (secondary N) is 1. The first kappa shape index (κ1) is 13.8. The molecular weight excluding hydrogens is 240 g/mol. The Bertz CT molecular complexity index is 427. The van der Waals surface area contributed by atoms with Gasteiger partial charge in [-0.3, -0.25) is 9.69 Å². The van der Waals surface area contributed by atoms with Crippen LogP contribution >= 0.6 is 0 Å². The molecule has 5 nitrogen and oxygen atoms in total. The van der Waals surface area contributed by atoms with Crippen LogP contribution in [-0.4, -0.2) is 55.1 Å². The van der Waals surface area contributed by atoms with Crippen molar-refractivity contribution in [1.29, 1.82) is 0 Å². The number of rotatable bonds is 3. The van der Waals surface area contributed by atoms with Crippen LogP contribution in [0, 0.1) is 0 Å². The molecule has 2 rings (SSSR count). The van der Waals surface area contributed by atoms with Gasteiger partial charge in [-0.15, -0.1) is 0 Å². The Labute approximate surface area is 116 Å². The molecule has 0 aromatic carbocycles. The van der Waals surface area contributed by atoms with Gasteiger partial charge in [0.1, 0.15) is 5.82 Å². The summed E-state index contributed by atoms with van der Waals surface area (Å²) in [4.78, 5) is 20.6. The number of anilines is 1. The predicted octanol–water partition coefficient (Wildman–Crippen LogP) is 1.22. The molecule has 0 saturated carbocycles. The smallest absolute Gasteiger partial charge is 0.252 e. The molecule has 0 atom stereocenters. The molecule has 0 spiro atoms. The van der Waals surface area contributed by atoms with Crippen LogP contribution in [0.1, 0.15) is 25.6 Å². The summed E-state index contributed by atoms with van der Waals surface area (Å²) in [6.07, 6.45) is 1.64. The average molecular weight is 264 g/mol. The molecule has 0 radical (unpaired) electrons. The Morgan fingerprint density at radius 2 is 2.00 bits per heavy atom. The summed E-state index contributed by atoms with van der Waals surface area (Å²) in [5, 5.41) is 2.60. The molecule has 1 aliphatic rings. The lowest BCUT2D eigenvalue weighted by Gasteiger charge is -2.37. The number of aromatic nitrogens is 1. The second-order valence-corrected chi connectivity index (χ2v) is 5.10. The maximum atomic E-state index is 11.4. The Hall–Kier alpha value is -1.62. The highest BCUT2D eigenvalue weighted by Crippen LogP contribution is 2.15. The van der Waals surface area contributed by atoms with Gasteiger partial charge in [-0.05, 0) is 26.0 Å². The van der Waals surface area contributed by atoms with E-state index in [4.69, 9.17) is 0 Å². The molecule has 1 fully saturated rings. The van der Waals surface area contributed by atoms with Gasteiger partial charge in [-0.1, -0.05) is 0 Å². The number of pyridine rings is 1. The minimum absolute atomic E-state index is 0. The highest BCUT2D eigenvalue weighted by molar-refractivity contribution is 5.93. The van der Waals surface area contributed by atoms with Crippen LogP contribution in [0.4, 0.5) is 5.82 Å². The summed E-state index contributed by atoms with van der Waals surface area (Å²) in [6.45, 7) is 8.57. The highest BCUT2D eigenvalue weighted by atomic mass is 16.1. The lowest BCUT2D eigenvalue weighted by molar-refractivity contribution is 0.0962. The van der Waals surface area contributed by atoms with Crippen LogP contribution < -0.4 is 10.2 Å². The first-order valence-electron chi connectivity index (χ1n) is 6.79. The first-order valence-corrected chi connectivity index (χ1v) is 6.79. The van der Waals surface area contributed by atoms with E-state index >= 15 is 0 Å². The quantitative estimate of drug-likeness (QED) is 0.892. The van der Waals surface area contributed by atoms with Gasteiger partial charge in [0.25, 0.3) is 5.91 Å². The van der Waals surface area contributed by atoms with Crippen molar-refractivity contribution in [2.24, 2.45) is 0 Å². The lowest BCUT2D eigenvalue weighted by atomic mass is 10.2. The van der Waals surface area contributed by atoms with Crippen molar-refractivity contribution in [3.05, 3.63) is 23.9 Å². The Kier molecular flexibility index (Phi) is 4.37. The number of carbonyl (C=O) groups is 1. The zero-order valence-electron chi connectivity index (χ0n) is 11.9. The molecular formula is C14H24N4O. The standard InChI is InChI=1S/C14H22N4O.H2/c1-11(2)17-6-8-18(9-7-17)13-5-4-12(10-16-13)14(19)15-3;/h4-5,10-11H,6-9H2,1-3H3,(H,15,19);1H. The van der Waals surface area contributed by atoms with E-state index in [0.29, 0.717) is 11.6 Å². The van der Waals surface area contributed by atoms with E-state index in [1.54, 1.807) is 13.2 Å². The van der Waals surface area contributed by atoms with Gasteiger partial charge in [0.15, 0.2) is 0 Å². The van der Waals surface area contributed by atoms with Gasteiger partial charge in [0.2, 0.25) is 0 Å². The maximum Gasteiger partial charge on any atom is 0.252 e. The van der Waals surface area contributed by atoms with Crippen LogP contribution in [0.2, 0.25) is 0 Å². The number of hydrogen-bond donors (Lipinski definition) is 1. The van der Waals surface area contributed by atoms with Crippen molar-refractivity contribution >= 4 is 11.7 Å². The normalized spacial score (nSPS) is 16.7. The van der Waals surface area contributed by atoms with Gasteiger partial charge >= 0.3 is 0 Å². The van der Waals surface area contributed by atoms with E-state index in [2.05, 4.69) is 33.9 Å². The van der Waals surface area contributed by atoms with Crippen molar-refractivity contribution in [2.45, 2.75) is 19.9 Å². The van der Waals surface area contributed by atoms with E-state index in [-0.39, 0.29) is 7.33 Å². The third kappa shape index (κ3) is 3.23. The predicted molar refractivity (Wildman–Crippen MR) is 78.7 cm³/mol. The van der Waals surface area contributed by atoms with Crippen LogP contribution in [0.5, 0.6) is 0 Å². The van der Waals surface area contributed by atoms with Crippen molar-refractivity contribution in [3.63, 3.8) is 0 Å². The van der Waals surface area contributed by atoms with Gasteiger partial charge in [0.05, 0.1) is 5.56 Å². The van der Waals surface area contributed by atoms with Crippen LogP contribution in [-0.2, 0) is 0 Å². The average Bonchev–Trinajstić information content (AvgIpc) is 2.46. The fraction of sp³-hybridized carbons (Fsp3) is 0.571. The molecule has 1 amide bonds. The zero-order valence-corrected chi connectivity index (χ0v) is 11.9. The summed E-state index contributed by atoms with van der Waals surface area (Å²) in [5.74, 6) is 0.861. The Balaban J connectivity index is 0.00000200. The fourth-order valence-corrected chi connectivity index (χ4v) is 2.32. The number of piperazine rings is 1. The number of amides is 1. The molecule has 106 valence electrons. The van der Waals surface area contributed by atoms with E-state index in [1.807, 2.05) is 12.1 Å². The second kappa shape index (κ2) is 6.02. The van der Waals surface area contributed by atoms with Crippen molar-refractivity contribution in [1.82, 2.24) is 15.2 Å². The van der Waals surface area contributed by atoms with E-state index < -0.39 is 0 Å². The number of hydrogen-bond acceptors (Lipinski definition) is 4. The summed E-state index contributed by atoms with van der Waals surface area (Å²) < 4.78 is 0. The lowest BCUT2D eigenvalue weighted by Crippen LogP contribution is -2.49. The topological polar surface area (TPSA) is 48.5 Å². The summed E-state index contributed by atoms with van der Waals surface area (Å²) in [6, 6.07) is 4.36. The molecule has 1 N–H and O–H groups in total. The summed E-state index contributed by atoms with van der Waals surface area (Å²) in [5.41, 5.74) is 0.604. The summed E-state index contributed by atoms with van der Waals surface area (Å²) in [7, 11) is 1.63. The second-order valence-electron chi connectivity index (χ2n) is 5.10. The van der Waals surface area contributed by atoms with E-state index in [1.165, 1.54) is 0 Å². The number of nitrogens with zero attached hydrogens (tertiary/aromatic N) is 3. The first-order chi connectivity index (χ1) is 9.11. The molecule has 0 unspecified atom stereocenters. The van der Waals surface area contributed by atoms with E-state index in [0.717, 1.165) is 32.0 Å². The highest BCUT2D eigenvalue weighted by Gasteiger charge is 2.19. The molecule has 0 aliphatic carbocycles. The minimum Gasteiger partial charge on any atom is -0.355 e. The molecule has 1 aromatic heterocycles. The molecule has 2 heterocycles. The van der Waals surface area contributed by atoms with Crippen molar-refractivity contribution < 1.29 is 6.22 Å². The van der Waals surface area contributed by atoms with Crippen LogP contribution in [0.3, 0.4) is 0 Å². The van der Waals surface area contributed by atoms with E-state index in [9.17, 15) is 4.79 Å². The third-order valence-corrected chi connectivity index (χ3v) is 3.61. The van der Waals surface area contributed by atoms with Gasteiger partial charge < -0.3 is 10.2 Å². The van der Waals surface area contributed by atoms with Gasteiger partial charge in [-0.25, -0.2) is 4.98 Å². The largest absolute Gasteiger partial charge is 0.355 e. The Morgan fingerprint density at radius 1 is 1.32 bits per heavy atom. The van der Waals surface area contributed by atoms with Crippen molar-refractivity contribution in [2.75, 3.05) is 38.1 Å². The monoisotopic (exact) mass is 264 g/mol. The molecule has 0 bridgehead atoms. The molecule has 1 aliphatic heterocycles.